The average Bonchev–Trinajstić information content (AvgIpc) is 2.63. The lowest BCUT2D eigenvalue weighted by Crippen LogP contribution is -2.31. The molecule has 1 aromatic rings. The first kappa shape index (κ1) is 19.2. The number of hydrogen-bond acceptors (Lipinski definition) is 6. The Morgan fingerprint density at radius 1 is 0.875 bits per heavy atom. The van der Waals surface area contributed by atoms with Gasteiger partial charge in [-0.15, -0.1) is 0 Å². The SMILES string of the molecule is COC(=O)/C=C/C=C\[C@H](c1ccccc1)C(C(=O)OC)C(=O)OC. The highest BCUT2D eigenvalue weighted by Gasteiger charge is 2.36. The molecule has 1 rings (SSSR count). The van der Waals surface area contributed by atoms with E-state index in [1.807, 2.05) is 6.07 Å². The molecule has 0 radical (unpaired) electrons. The van der Waals surface area contributed by atoms with Gasteiger partial charge in [0, 0.05) is 12.0 Å². The minimum Gasteiger partial charge on any atom is -0.468 e. The van der Waals surface area contributed by atoms with Gasteiger partial charge in [0.2, 0.25) is 0 Å². The number of esters is 3. The quantitative estimate of drug-likeness (QED) is 0.250. The lowest BCUT2D eigenvalue weighted by atomic mass is 9.85. The van der Waals surface area contributed by atoms with Gasteiger partial charge in [0.05, 0.1) is 21.3 Å². The van der Waals surface area contributed by atoms with Gasteiger partial charge in [-0.05, 0) is 5.56 Å². The molecule has 0 spiro atoms. The molecule has 128 valence electrons. The highest BCUT2D eigenvalue weighted by Crippen LogP contribution is 2.28. The van der Waals surface area contributed by atoms with Crippen LogP contribution in [0, 0.1) is 5.92 Å². The van der Waals surface area contributed by atoms with E-state index in [0.29, 0.717) is 0 Å². The minimum atomic E-state index is -1.15. The van der Waals surface area contributed by atoms with Crippen molar-refractivity contribution in [1.82, 2.24) is 0 Å². The van der Waals surface area contributed by atoms with Crippen LogP contribution >= 0.6 is 0 Å². The molecule has 0 aliphatic heterocycles. The first-order valence-electron chi connectivity index (χ1n) is 7.18. The Hall–Kier alpha value is -2.89. The Labute approximate surface area is 140 Å². The molecule has 0 amide bonds. The van der Waals surface area contributed by atoms with Gasteiger partial charge in [0.25, 0.3) is 0 Å². The molecule has 0 fully saturated rings. The Kier molecular flexibility index (Phi) is 7.98. The Morgan fingerprint density at radius 3 is 1.96 bits per heavy atom. The zero-order valence-corrected chi connectivity index (χ0v) is 13.8. The molecule has 0 aromatic heterocycles. The molecule has 0 saturated heterocycles. The monoisotopic (exact) mass is 332 g/mol. The van der Waals surface area contributed by atoms with Crippen LogP contribution in [0.3, 0.4) is 0 Å². The van der Waals surface area contributed by atoms with Crippen molar-refractivity contribution in [2.75, 3.05) is 21.3 Å². The summed E-state index contributed by atoms with van der Waals surface area (Å²) in [4.78, 5) is 35.2. The zero-order valence-electron chi connectivity index (χ0n) is 13.8. The number of allylic oxidation sites excluding steroid dienone is 3. The molecule has 6 nitrogen and oxygen atoms in total. The summed E-state index contributed by atoms with van der Waals surface area (Å²) >= 11 is 0. The van der Waals surface area contributed by atoms with Crippen LogP contribution in [-0.2, 0) is 28.6 Å². The van der Waals surface area contributed by atoms with Crippen molar-refractivity contribution in [3.05, 3.63) is 60.2 Å². The molecule has 24 heavy (non-hydrogen) atoms. The highest BCUT2D eigenvalue weighted by molar-refractivity contribution is 5.96. The number of carbonyl (C=O) groups is 3. The maximum absolute atomic E-state index is 12.1. The van der Waals surface area contributed by atoms with Crippen molar-refractivity contribution in [3.8, 4) is 0 Å². The first-order chi connectivity index (χ1) is 11.5. The highest BCUT2D eigenvalue weighted by atomic mass is 16.5. The predicted octanol–water partition coefficient (Wildman–Crippen LogP) is 2.02. The summed E-state index contributed by atoms with van der Waals surface area (Å²) < 4.78 is 14.0. The lowest BCUT2D eigenvalue weighted by molar-refractivity contribution is -0.159. The van der Waals surface area contributed by atoms with E-state index < -0.39 is 29.7 Å². The number of ether oxygens (including phenoxy) is 3. The number of benzene rings is 1. The maximum Gasteiger partial charge on any atom is 0.330 e. The van der Waals surface area contributed by atoms with Crippen LogP contribution in [0.25, 0.3) is 0 Å². The van der Waals surface area contributed by atoms with Crippen LogP contribution < -0.4 is 0 Å². The molecule has 0 N–H and O–H groups in total. The zero-order chi connectivity index (χ0) is 17.9. The van der Waals surface area contributed by atoms with Gasteiger partial charge in [0.1, 0.15) is 0 Å². The third-order valence-corrected chi connectivity index (χ3v) is 3.32. The largest absolute Gasteiger partial charge is 0.468 e. The van der Waals surface area contributed by atoms with E-state index in [1.165, 1.54) is 33.5 Å². The van der Waals surface area contributed by atoms with Crippen LogP contribution in [0.15, 0.2) is 54.6 Å². The summed E-state index contributed by atoms with van der Waals surface area (Å²) in [5, 5.41) is 0. The molecule has 0 heterocycles. The van der Waals surface area contributed by atoms with Gasteiger partial charge in [-0.2, -0.15) is 0 Å². The predicted molar refractivity (Wildman–Crippen MR) is 87.0 cm³/mol. The number of hydrogen-bond donors (Lipinski definition) is 0. The lowest BCUT2D eigenvalue weighted by Gasteiger charge is -2.21. The second kappa shape index (κ2) is 9.99. The summed E-state index contributed by atoms with van der Waals surface area (Å²) in [7, 11) is 3.69. The first-order valence-corrected chi connectivity index (χ1v) is 7.18. The van der Waals surface area contributed by atoms with E-state index in [2.05, 4.69) is 4.74 Å². The average molecular weight is 332 g/mol. The van der Waals surface area contributed by atoms with E-state index >= 15 is 0 Å². The van der Waals surface area contributed by atoms with Crippen molar-refractivity contribution in [1.29, 1.82) is 0 Å². The molecule has 0 aliphatic rings. The third-order valence-electron chi connectivity index (χ3n) is 3.32. The molecular formula is C18H20O6. The fourth-order valence-corrected chi connectivity index (χ4v) is 2.12. The fourth-order valence-electron chi connectivity index (χ4n) is 2.12. The van der Waals surface area contributed by atoms with E-state index in [0.717, 1.165) is 5.56 Å². The van der Waals surface area contributed by atoms with Gasteiger partial charge in [-0.1, -0.05) is 48.6 Å². The molecule has 1 aromatic carbocycles. The van der Waals surface area contributed by atoms with Gasteiger partial charge < -0.3 is 14.2 Å². The second-order valence-electron chi connectivity index (χ2n) is 4.73. The van der Waals surface area contributed by atoms with Crippen molar-refractivity contribution in [2.45, 2.75) is 5.92 Å². The molecule has 0 bridgehead atoms. The Morgan fingerprint density at radius 2 is 1.46 bits per heavy atom. The Bertz CT molecular complexity index is 602. The number of rotatable bonds is 7. The number of methoxy groups -OCH3 is 3. The van der Waals surface area contributed by atoms with Crippen LogP contribution in [0.4, 0.5) is 0 Å². The minimum absolute atomic E-state index is 0.506. The normalized spacial score (nSPS) is 12.3. The topological polar surface area (TPSA) is 78.9 Å². The summed E-state index contributed by atoms with van der Waals surface area (Å²) in [6.07, 6.45) is 5.89. The van der Waals surface area contributed by atoms with Gasteiger partial charge in [-0.3, -0.25) is 9.59 Å². The van der Waals surface area contributed by atoms with E-state index in [1.54, 1.807) is 36.4 Å². The molecule has 0 saturated carbocycles. The third kappa shape index (κ3) is 5.39. The summed E-state index contributed by atoms with van der Waals surface area (Å²) in [5.74, 6) is -3.65. The second-order valence-corrected chi connectivity index (χ2v) is 4.73. The van der Waals surface area contributed by atoms with E-state index in [9.17, 15) is 14.4 Å². The molecule has 6 heteroatoms. The van der Waals surface area contributed by atoms with Crippen molar-refractivity contribution in [2.24, 2.45) is 5.92 Å². The van der Waals surface area contributed by atoms with E-state index in [4.69, 9.17) is 9.47 Å². The van der Waals surface area contributed by atoms with Crippen LogP contribution in [0.2, 0.25) is 0 Å². The molecule has 1 atom stereocenters. The summed E-state index contributed by atoms with van der Waals surface area (Å²) in [5.41, 5.74) is 0.737. The fraction of sp³-hybridized carbons (Fsp3) is 0.278. The van der Waals surface area contributed by atoms with Crippen LogP contribution in [0.5, 0.6) is 0 Å². The van der Waals surface area contributed by atoms with Crippen molar-refractivity contribution in [3.63, 3.8) is 0 Å². The van der Waals surface area contributed by atoms with Gasteiger partial charge >= 0.3 is 17.9 Å². The summed E-state index contributed by atoms with van der Waals surface area (Å²) in [6.45, 7) is 0. The standard InChI is InChI=1S/C18H20O6/c1-22-15(19)12-8-7-11-14(13-9-5-4-6-10-13)16(17(20)23-2)18(21)24-3/h4-12,14,16H,1-3H3/b11-7-,12-8+/t14-/m1/s1. The maximum atomic E-state index is 12.1. The van der Waals surface area contributed by atoms with Gasteiger partial charge in [0.15, 0.2) is 5.92 Å². The molecular weight excluding hydrogens is 312 g/mol. The molecule has 0 unspecified atom stereocenters. The van der Waals surface area contributed by atoms with Crippen molar-refractivity contribution >= 4 is 17.9 Å². The van der Waals surface area contributed by atoms with Crippen LogP contribution in [-0.4, -0.2) is 39.2 Å². The number of carbonyl (C=O) groups excluding carboxylic acids is 3. The Balaban J connectivity index is 3.19. The van der Waals surface area contributed by atoms with Crippen LogP contribution in [0.1, 0.15) is 11.5 Å². The van der Waals surface area contributed by atoms with E-state index in [-0.39, 0.29) is 0 Å². The van der Waals surface area contributed by atoms with Crippen molar-refractivity contribution < 1.29 is 28.6 Å². The smallest absolute Gasteiger partial charge is 0.330 e. The molecule has 0 aliphatic carbocycles. The van der Waals surface area contributed by atoms with Gasteiger partial charge in [-0.25, -0.2) is 4.79 Å². The summed E-state index contributed by atoms with van der Waals surface area (Å²) in [6, 6.07) is 9.00.